The number of amides is 1. The molecule has 2 aromatic rings. The molecule has 0 fully saturated rings. The fraction of sp³-hybridized carbons (Fsp3) is 0.0769. The van der Waals surface area contributed by atoms with Crippen molar-refractivity contribution in [1.29, 1.82) is 0 Å². The lowest BCUT2D eigenvalue weighted by Crippen LogP contribution is -2.19. The lowest BCUT2D eigenvalue weighted by Gasteiger charge is -2.07. The van der Waals surface area contributed by atoms with Gasteiger partial charge in [0.05, 0.1) is 0 Å². The Morgan fingerprint density at radius 3 is 2.53 bits per heavy atom. The van der Waals surface area contributed by atoms with Crippen molar-refractivity contribution in [3.05, 3.63) is 58.5 Å². The van der Waals surface area contributed by atoms with Gasteiger partial charge < -0.3 is 10.3 Å². The van der Waals surface area contributed by atoms with Crippen LogP contribution in [0.15, 0.2) is 47.4 Å². The van der Waals surface area contributed by atoms with Crippen molar-refractivity contribution in [2.45, 2.75) is 0 Å². The third-order valence-electron chi connectivity index (χ3n) is 2.51. The maximum Gasteiger partial charge on any atom is 0.255 e. The van der Waals surface area contributed by atoms with Gasteiger partial charge in [0.25, 0.3) is 11.5 Å². The number of aromatic amines is 1. The van der Waals surface area contributed by atoms with E-state index in [0.717, 1.165) is 0 Å². The van der Waals surface area contributed by atoms with E-state index in [9.17, 15) is 9.59 Å². The molecule has 0 spiro atoms. The first-order valence-electron chi connectivity index (χ1n) is 5.23. The molecule has 1 aromatic heterocycles. The highest BCUT2D eigenvalue weighted by atomic mass is 16.1. The Labute approximate surface area is 98.3 Å². The predicted octanol–water partition coefficient (Wildman–Crippen LogP) is 1.40. The fourth-order valence-electron chi connectivity index (χ4n) is 1.68. The van der Waals surface area contributed by atoms with Crippen LogP contribution in [0.1, 0.15) is 10.4 Å². The number of rotatable bonds is 2. The van der Waals surface area contributed by atoms with Gasteiger partial charge in [-0.2, -0.15) is 0 Å². The van der Waals surface area contributed by atoms with Crippen LogP contribution in [0, 0.1) is 0 Å². The van der Waals surface area contributed by atoms with E-state index >= 15 is 0 Å². The summed E-state index contributed by atoms with van der Waals surface area (Å²) in [4.78, 5) is 26.0. The fourth-order valence-corrected chi connectivity index (χ4v) is 1.68. The summed E-state index contributed by atoms with van der Waals surface area (Å²) >= 11 is 0. The Morgan fingerprint density at radius 2 is 1.82 bits per heavy atom. The molecule has 4 heteroatoms. The van der Waals surface area contributed by atoms with Gasteiger partial charge in [-0.05, 0) is 23.8 Å². The summed E-state index contributed by atoms with van der Waals surface area (Å²) in [7, 11) is 1.56. The van der Waals surface area contributed by atoms with Crippen molar-refractivity contribution in [2.75, 3.05) is 7.05 Å². The van der Waals surface area contributed by atoms with Gasteiger partial charge in [-0.3, -0.25) is 9.59 Å². The van der Waals surface area contributed by atoms with E-state index < -0.39 is 0 Å². The van der Waals surface area contributed by atoms with Gasteiger partial charge in [0, 0.05) is 24.4 Å². The molecular weight excluding hydrogens is 216 g/mol. The second kappa shape index (κ2) is 4.65. The van der Waals surface area contributed by atoms with Crippen LogP contribution < -0.4 is 10.9 Å². The van der Waals surface area contributed by atoms with Crippen LogP contribution in [-0.2, 0) is 0 Å². The molecule has 1 amide bonds. The highest BCUT2D eigenvalue weighted by molar-refractivity contribution is 6.00. The molecule has 1 heterocycles. The summed E-state index contributed by atoms with van der Waals surface area (Å²) in [5.41, 5.74) is 1.41. The van der Waals surface area contributed by atoms with Crippen LogP contribution in [0.3, 0.4) is 0 Å². The van der Waals surface area contributed by atoms with Crippen molar-refractivity contribution >= 4 is 5.91 Å². The van der Waals surface area contributed by atoms with E-state index in [1.807, 2.05) is 0 Å². The maximum absolute atomic E-state index is 11.7. The molecule has 2 N–H and O–H groups in total. The van der Waals surface area contributed by atoms with Gasteiger partial charge in [-0.1, -0.05) is 18.2 Å². The molecule has 0 bridgehead atoms. The van der Waals surface area contributed by atoms with E-state index in [1.165, 1.54) is 0 Å². The van der Waals surface area contributed by atoms with E-state index in [1.54, 1.807) is 49.6 Å². The quantitative estimate of drug-likeness (QED) is 0.816. The normalized spacial score (nSPS) is 9.94. The number of H-pyrrole nitrogens is 1. The minimum absolute atomic E-state index is 0.205. The van der Waals surface area contributed by atoms with Crippen LogP contribution in [-0.4, -0.2) is 17.9 Å². The van der Waals surface area contributed by atoms with Crippen molar-refractivity contribution < 1.29 is 4.79 Å². The minimum Gasteiger partial charge on any atom is -0.355 e. The van der Waals surface area contributed by atoms with Gasteiger partial charge >= 0.3 is 0 Å². The number of hydrogen-bond acceptors (Lipinski definition) is 2. The Morgan fingerprint density at radius 1 is 1.12 bits per heavy atom. The first-order valence-corrected chi connectivity index (χ1v) is 5.23. The Kier molecular flexibility index (Phi) is 3.05. The maximum atomic E-state index is 11.7. The van der Waals surface area contributed by atoms with Crippen LogP contribution >= 0.6 is 0 Å². The second-order valence-electron chi connectivity index (χ2n) is 3.54. The van der Waals surface area contributed by atoms with Crippen molar-refractivity contribution in [1.82, 2.24) is 10.3 Å². The highest BCUT2D eigenvalue weighted by Gasteiger charge is 2.12. The third-order valence-corrected chi connectivity index (χ3v) is 2.51. The Bertz CT molecular complexity index is 602. The topological polar surface area (TPSA) is 62.0 Å². The summed E-state index contributed by atoms with van der Waals surface area (Å²) in [6.07, 6.45) is 1.56. The zero-order valence-electron chi connectivity index (χ0n) is 9.36. The van der Waals surface area contributed by atoms with Crippen LogP contribution in [0.4, 0.5) is 0 Å². The molecule has 17 heavy (non-hydrogen) atoms. The van der Waals surface area contributed by atoms with Gasteiger partial charge in [-0.15, -0.1) is 0 Å². The molecule has 86 valence electrons. The molecular formula is C13H12N2O2. The highest BCUT2D eigenvalue weighted by Crippen LogP contribution is 2.19. The number of benzene rings is 1. The number of pyridine rings is 1. The average molecular weight is 228 g/mol. The van der Waals surface area contributed by atoms with E-state index in [-0.39, 0.29) is 11.5 Å². The summed E-state index contributed by atoms with van der Waals surface area (Å²) in [5.74, 6) is -0.205. The smallest absolute Gasteiger partial charge is 0.255 e. The Balaban J connectivity index is 2.64. The standard InChI is InChI=1S/C13H12N2O2/c1-14-12(16)10-6-3-2-5-9(10)11-7-4-8-15-13(11)17/h2-8H,1H3,(H,14,16)(H,15,17). The van der Waals surface area contributed by atoms with Gasteiger partial charge in [-0.25, -0.2) is 0 Å². The molecule has 0 saturated heterocycles. The second-order valence-corrected chi connectivity index (χ2v) is 3.54. The van der Waals surface area contributed by atoms with Crippen LogP contribution in [0.5, 0.6) is 0 Å². The molecule has 4 nitrogen and oxygen atoms in total. The van der Waals surface area contributed by atoms with Crippen molar-refractivity contribution in [2.24, 2.45) is 0 Å². The van der Waals surface area contributed by atoms with E-state index in [4.69, 9.17) is 0 Å². The predicted molar refractivity (Wildman–Crippen MR) is 65.9 cm³/mol. The number of nitrogens with one attached hydrogen (secondary N) is 2. The van der Waals surface area contributed by atoms with Crippen molar-refractivity contribution in [3.8, 4) is 11.1 Å². The Hall–Kier alpha value is -2.36. The number of carbonyl (C=O) groups excluding carboxylic acids is 1. The minimum atomic E-state index is -0.205. The molecule has 0 unspecified atom stereocenters. The van der Waals surface area contributed by atoms with E-state index in [2.05, 4.69) is 10.3 Å². The number of aromatic nitrogens is 1. The number of carbonyl (C=O) groups is 1. The molecule has 0 atom stereocenters. The monoisotopic (exact) mass is 228 g/mol. The molecule has 0 aliphatic heterocycles. The number of hydrogen-bond donors (Lipinski definition) is 2. The van der Waals surface area contributed by atoms with Crippen LogP contribution in [0.25, 0.3) is 11.1 Å². The first kappa shape index (κ1) is 11.1. The summed E-state index contributed by atoms with van der Waals surface area (Å²) in [6, 6.07) is 10.5. The SMILES string of the molecule is CNC(=O)c1ccccc1-c1ccc[nH]c1=O. The molecule has 0 radical (unpaired) electrons. The lowest BCUT2D eigenvalue weighted by atomic mass is 10.0. The summed E-state index contributed by atoms with van der Waals surface area (Å²) in [6.45, 7) is 0. The zero-order valence-corrected chi connectivity index (χ0v) is 9.36. The molecule has 2 rings (SSSR count). The van der Waals surface area contributed by atoms with Gasteiger partial charge in [0.1, 0.15) is 0 Å². The zero-order chi connectivity index (χ0) is 12.3. The van der Waals surface area contributed by atoms with E-state index in [0.29, 0.717) is 16.7 Å². The molecule has 0 saturated carbocycles. The first-order chi connectivity index (χ1) is 8.24. The molecule has 1 aromatic carbocycles. The average Bonchev–Trinajstić information content (AvgIpc) is 2.38. The lowest BCUT2D eigenvalue weighted by molar-refractivity contribution is 0.0963. The van der Waals surface area contributed by atoms with Gasteiger partial charge in [0.15, 0.2) is 0 Å². The third kappa shape index (κ3) is 2.10. The van der Waals surface area contributed by atoms with Crippen molar-refractivity contribution in [3.63, 3.8) is 0 Å². The van der Waals surface area contributed by atoms with Crippen LogP contribution in [0.2, 0.25) is 0 Å². The molecule has 0 aliphatic carbocycles. The largest absolute Gasteiger partial charge is 0.355 e. The molecule has 0 aliphatic rings. The summed E-state index contributed by atoms with van der Waals surface area (Å²) < 4.78 is 0. The summed E-state index contributed by atoms with van der Waals surface area (Å²) in [5, 5.41) is 2.56. The van der Waals surface area contributed by atoms with Gasteiger partial charge in [0.2, 0.25) is 0 Å².